The molecule has 1 amide bonds. The van der Waals surface area contributed by atoms with Crippen molar-refractivity contribution in [3.63, 3.8) is 0 Å². The molecule has 1 aliphatic heterocycles. The lowest BCUT2D eigenvalue weighted by molar-refractivity contribution is 0.00833. The Bertz CT molecular complexity index is 1340. The molecule has 0 atom stereocenters. The SMILES string of the molecule is CC(C)n1cnc(-c2ccc(F)cc2)c1-c1nc(C(=O)Nc2ccc(C3COC3)cc2F)c[nH]1. The van der Waals surface area contributed by atoms with Crippen LogP contribution in [0.5, 0.6) is 0 Å². The van der Waals surface area contributed by atoms with Crippen LogP contribution in [0.15, 0.2) is 55.0 Å². The molecular weight excluding hydrogens is 440 g/mol. The van der Waals surface area contributed by atoms with Crippen LogP contribution in [0.2, 0.25) is 0 Å². The Hall–Kier alpha value is -3.85. The van der Waals surface area contributed by atoms with Gasteiger partial charge in [-0.1, -0.05) is 6.07 Å². The number of carbonyl (C=O) groups is 1. The molecule has 0 unspecified atom stereocenters. The Morgan fingerprint density at radius 2 is 1.94 bits per heavy atom. The van der Waals surface area contributed by atoms with Crippen LogP contribution >= 0.6 is 0 Å². The van der Waals surface area contributed by atoms with Crippen molar-refractivity contribution < 1.29 is 18.3 Å². The smallest absolute Gasteiger partial charge is 0.275 e. The average Bonchev–Trinajstić information content (AvgIpc) is 3.42. The second-order valence-electron chi connectivity index (χ2n) is 8.51. The number of rotatable bonds is 6. The molecule has 0 radical (unpaired) electrons. The largest absolute Gasteiger partial charge is 0.380 e. The lowest BCUT2D eigenvalue weighted by atomic mass is 9.97. The zero-order chi connectivity index (χ0) is 23.8. The normalized spacial score (nSPS) is 13.8. The van der Waals surface area contributed by atoms with E-state index in [0.717, 1.165) is 11.1 Å². The molecule has 174 valence electrons. The van der Waals surface area contributed by atoms with Gasteiger partial charge in [0.25, 0.3) is 5.91 Å². The van der Waals surface area contributed by atoms with E-state index < -0.39 is 11.7 Å². The number of imidazole rings is 2. The number of nitrogens with zero attached hydrogens (tertiary/aromatic N) is 3. The summed E-state index contributed by atoms with van der Waals surface area (Å²) >= 11 is 0. The van der Waals surface area contributed by atoms with E-state index in [1.807, 2.05) is 18.4 Å². The van der Waals surface area contributed by atoms with Gasteiger partial charge < -0.3 is 19.6 Å². The van der Waals surface area contributed by atoms with Crippen LogP contribution in [-0.2, 0) is 4.74 Å². The molecule has 4 aromatic rings. The third-order valence-electron chi connectivity index (χ3n) is 5.85. The van der Waals surface area contributed by atoms with Gasteiger partial charge in [-0.25, -0.2) is 18.7 Å². The number of anilines is 1. The van der Waals surface area contributed by atoms with Crippen LogP contribution in [0, 0.1) is 11.6 Å². The van der Waals surface area contributed by atoms with E-state index in [1.165, 1.54) is 24.4 Å². The summed E-state index contributed by atoms with van der Waals surface area (Å²) in [7, 11) is 0. The molecule has 0 spiro atoms. The van der Waals surface area contributed by atoms with Crippen molar-refractivity contribution in [3.8, 4) is 22.8 Å². The lowest BCUT2D eigenvalue weighted by Crippen LogP contribution is -2.25. The molecule has 34 heavy (non-hydrogen) atoms. The third-order valence-corrected chi connectivity index (χ3v) is 5.85. The molecule has 1 aliphatic rings. The van der Waals surface area contributed by atoms with Gasteiger partial charge in [0.15, 0.2) is 5.82 Å². The Balaban J connectivity index is 1.42. The standard InChI is InChI=1S/C25H23F2N5O2/c1-14(2)32-13-29-22(15-3-6-18(26)7-4-15)23(32)24-28-10-21(30-24)25(33)31-20-8-5-16(9-19(20)27)17-11-34-12-17/h3-10,13-14,17H,11-12H2,1-2H3,(H,28,30)(H,31,33). The number of carbonyl (C=O) groups excluding carboxylic acids is 1. The molecule has 9 heteroatoms. The Kier molecular flexibility index (Phi) is 5.70. The fourth-order valence-corrected chi connectivity index (χ4v) is 3.87. The van der Waals surface area contributed by atoms with Gasteiger partial charge >= 0.3 is 0 Å². The Labute approximate surface area is 194 Å². The molecule has 0 saturated carbocycles. The van der Waals surface area contributed by atoms with E-state index in [1.54, 1.807) is 30.6 Å². The van der Waals surface area contributed by atoms with Gasteiger partial charge in [-0.15, -0.1) is 0 Å². The summed E-state index contributed by atoms with van der Waals surface area (Å²) in [5.41, 5.74) is 3.03. The summed E-state index contributed by atoms with van der Waals surface area (Å²) in [5, 5.41) is 2.59. The maximum atomic E-state index is 14.6. The van der Waals surface area contributed by atoms with Crippen LogP contribution in [-0.4, -0.2) is 38.6 Å². The van der Waals surface area contributed by atoms with E-state index in [2.05, 4.69) is 20.3 Å². The number of hydrogen-bond acceptors (Lipinski definition) is 4. The number of aromatic nitrogens is 4. The van der Waals surface area contributed by atoms with Gasteiger partial charge in [0.1, 0.15) is 23.0 Å². The fraction of sp³-hybridized carbons (Fsp3) is 0.240. The van der Waals surface area contributed by atoms with E-state index in [4.69, 9.17) is 4.74 Å². The van der Waals surface area contributed by atoms with Crippen molar-refractivity contribution in [2.24, 2.45) is 0 Å². The topological polar surface area (TPSA) is 84.8 Å². The van der Waals surface area contributed by atoms with Crippen molar-refractivity contribution >= 4 is 11.6 Å². The van der Waals surface area contributed by atoms with Gasteiger partial charge in [-0.05, 0) is 55.8 Å². The summed E-state index contributed by atoms with van der Waals surface area (Å²) in [6.07, 6.45) is 3.15. The highest BCUT2D eigenvalue weighted by molar-refractivity contribution is 6.03. The van der Waals surface area contributed by atoms with E-state index >= 15 is 0 Å². The van der Waals surface area contributed by atoms with Crippen molar-refractivity contribution in [1.82, 2.24) is 19.5 Å². The molecule has 3 heterocycles. The second kappa shape index (κ2) is 8.83. The summed E-state index contributed by atoms with van der Waals surface area (Å²) in [4.78, 5) is 24.8. The quantitative estimate of drug-likeness (QED) is 0.413. The van der Waals surface area contributed by atoms with Gasteiger partial charge in [-0.2, -0.15) is 0 Å². The van der Waals surface area contributed by atoms with Crippen molar-refractivity contribution in [2.75, 3.05) is 18.5 Å². The van der Waals surface area contributed by atoms with Crippen LogP contribution in [0.3, 0.4) is 0 Å². The summed E-state index contributed by atoms with van der Waals surface area (Å²) in [5.74, 6) is -0.775. The predicted molar refractivity (Wildman–Crippen MR) is 124 cm³/mol. The zero-order valence-corrected chi connectivity index (χ0v) is 18.7. The average molecular weight is 463 g/mol. The Morgan fingerprint density at radius 3 is 2.59 bits per heavy atom. The number of amides is 1. The van der Waals surface area contributed by atoms with Gasteiger partial charge in [-0.3, -0.25) is 4.79 Å². The van der Waals surface area contributed by atoms with Crippen LogP contribution < -0.4 is 5.32 Å². The third kappa shape index (κ3) is 4.10. The first kappa shape index (κ1) is 22.0. The van der Waals surface area contributed by atoms with Crippen molar-refractivity contribution in [2.45, 2.75) is 25.8 Å². The number of hydrogen-bond donors (Lipinski definition) is 2. The minimum absolute atomic E-state index is 0.0627. The predicted octanol–water partition coefficient (Wildman–Crippen LogP) is 5.17. The van der Waals surface area contributed by atoms with E-state index in [-0.39, 0.29) is 29.2 Å². The first-order chi connectivity index (χ1) is 16.4. The van der Waals surface area contributed by atoms with Crippen LogP contribution in [0.1, 0.15) is 41.9 Å². The Morgan fingerprint density at radius 1 is 1.18 bits per heavy atom. The maximum absolute atomic E-state index is 14.6. The maximum Gasteiger partial charge on any atom is 0.275 e. The van der Waals surface area contributed by atoms with Gasteiger partial charge in [0, 0.05) is 23.7 Å². The number of H-pyrrole nitrogens is 1. The highest BCUT2D eigenvalue weighted by Crippen LogP contribution is 2.32. The van der Waals surface area contributed by atoms with Gasteiger partial charge in [0.2, 0.25) is 0 Å². The number of nitrogens with one attached hydrogen (secondary N) is 2. The number of ether oxygens (including phenoxy) is 1. The summed E-state index contributed by atoms with van der Waals surface area (Å²) in [6.45, 7) is 5.15. The first-order valence-corrected chi connectivity index (χ1v) is 11.0. The monoisotopic (exact) mass is 463 g/mol. The first-order valence-electron chi connectivity index (χ1n) is 11.0. The van der Waals surface area contributed by atoms with Crippen LogP contribution in [0.4, 0.5) is 14.5 Å². The number of aromatic amines is 1. The van der Waals surface area contributed by atoms with Crippen molar-refractivity contribution in [1.29, 1.82) is 0 Å². The highest BCUT2D eigenvalue weighted by Gasteiger charge is 2.23. The highest BCUT2D eigenvalue weighted by atomic mass is 19.1. The molecule has 5 rings (SSSR count). The second-order valence-corrected chi connectivity index (χ2v) is 8.51. The number of benzene rings is 2. The summed E-state index contributed by atoms with van der Waals surface area (Å²) in [6, 6.07) is 10.9. The molecule has 0 aliphatic carbocycles. The molecule has 7 nitrogen and oxygen atoms in total. The molecule has 2 N–H and O–H groups in total. The molecule has 1 saturated heterocycles. The molecule has 2 aromatic carbocycles. The molecule has 2 aromatic heterocycles. The van der Waals surface area contributed by atoms with Crippen molar-refractivity contribution in [3.05, 3.63) is 77.9 Å². The molecular formula is C25H23F2N5O2. The van der Waals surface area contributed by atoms with E-state index in [0.29, 0.717) is 30.4 Å². The number of halogens is 2. The van der Waals surface area contributed by atoms with Gasteiger partial charge in [0.05, 0.1) is 30.9 Å². The molecule has 1 fully saturated rings. The lowest BCUT2D eigenvalue weighted by Gasteiger charge is -2.26. The minimum Gasteiger partial charge on any atom is -0.380 e. The zero-order valence-electron chi connectivity index (χ0n) is 18.7. The summed E-state index contributed by atoms with van der Waals surface area (Å²) < 4.78 is 35.1. The minimum atomic E-state index is -0.542. The van der Waals surface area contributed by atoms with Crippen LogP contribution in [0.25, 0.3) is 22.8 Å². The molecule has 0 bridgehead atoms. The fourth-order valence-electron chi connectivity index (χ4n) is 3.87. The van der Waals surface area contributed by atoms with E-state index in [9.17, 15) is 13.6 Å².